The zero-order valence-electron chi connectivity index (χ0n) is 14.3. The van der Waals surface area contributed by atoms with Gasteiger partial charge >= 0.3 is 0 Å². The van der Waals surface area contributed by atoms with E-state index in [0.717, 1.165) is 29.0 Å². The topological polar surface area (TPSA) is 71.0 Å². The van der Waals surface area contributed by atoms with Crippen LogP contribution in [0.4, 0.5) is 4.39 Å². The van der Waals surface area contributed by atoms with Crippen LogP contribution in [0.3, 0.4) is 0 Å². The van der Waals surface area contributed by atoms with E-state index < -0.39 is 5.82 Å². The fourth-order valence-electron chi connectivity index (χ4n) is 3.79. The molecule has 1 N–H and O–H groups in total. The highest BCUT2D eigenvalue weighted by Gasteiger charge is 2.25. The fourth-order valence-corrected chi connectivity index (χ4v) is 3.79. The Kier molecular flexibility index (Phi) is 3.31. The first-order valence-corrected chi connectivity index (χ1v) is 8.57. The lowest BCUT2D eigenvalue weighted by molar-refractivity contribution is 0.174. The maximum Gasteiger partial charge on any atom is 0.231 e. The van der Waals surface area contributed by atoms with Crippen LogP contribution in [0.1, 0.15) is 11.1 Å². The summed E-state index contributed by atoms with van der Waals surface area (Å²) in [6, 6.07) is 14.1. The molecule has 0 saturated carbocycles. The average molecular weight is 359 g/mol. The zero-order chi connectivity index (χ0) is 18.5. The summed E-state index contributed by atoms with van der Waals surface area (Å²) in [5.74, 6) is 0.960. The molecule has 0 atom stereocenters. The Labute approximate surface area is 154 Å². The standard InChI is InChI=1S/C21H14FN3O2/c22-17-4-2-1-3-13(17)15-8-18-14-9-20-19(26-11-27-20)7-12(14)5-6-25(18)21(24)16(15)10-23/h1-4,7-9,24H,5-6,11H2. The molecule has 3 aromatic rings. The largest absolute Gasteiger partial charge is 0.454 e. The Morgan fingerprint density at radius 1 is 1.04 bits per heavy atom. The molecule has 0 fully saturated rings. The van der Waals surface area contributed by atoms with Crippen molar-refractivity contribution < 1.29 is 13.9 Å². The fraction of sp³-hybridized carbons (Fsp3) is 0.143. The molecule has 132 valence electrons. The summed E-state index contributed by atoms with van der Waals surface area (Å²) in [5.41, 5.74) is 3.79. The molecule has 5 rings (SSSR count). The van der Waals surface area contributed by atoms with Gasteiger partial charge in [-0.3, -0.25) is 5.41 Å². The quantitative estimate of drug-likeness (QED) is 0.722. The van der Waals surface area contributed by atoms with E-state index in [4.69, 9.17) is 14.9 Å². The van der Waals surface area contributed by atoms with Crippen molar-refractivity contribution in [2.24, 2.45) is 0 Å². The van der Waals surface area contributed by atoms with Gasteiger partial charge in [-0.25, -0.2) is 4.39 Å². The van der Waals surface area contributed by atoms with E-state index in [2.05, 4.69) is 6.07 Å². The molecule has 0 aliphatic carbocycles. The van der Waals surface area contributed by atoms with Crippen molar-refractivity contribution in [1.29, 1.82) is 10.7 Å². The van der Waals surface area contributed by atoms with Crippen LogP contribution >= 0.6 is 0 Å². The van der Waals surface area contributed by atoms with Gasteiger partial charge in [0.2, 0.25) is 6.79 Å². The highest BCUT2D eigenvalue weighted by molar-refractivity contribution is 5.78. The summed E-state index contributed by atoms with van der Waals surface area (Å²) < 4.78 is 27.2. The maximum atomic E-state index is 14.4. The molecule has 5 nitrogen and oxygen atoms in total. The van der Waals surface area contributed by atoms with Crippen molar-refractivity contribution in [2.75, 3.05) is 6.79 Å². The lowest BCUT2D eigenvalue weighted by Crippen LogP contribution is -2.28. The molecule has 1 aromatic heterocycles. The first-order chi connectivity index (χ1) is 13.2. The molecule has 2 aliphatic rings. The summed E-state index contributed by atoms with van der Waals surface area (Å²) in [6.45, 7) is 0.767. The van der Waals surface area contributed by atoms with Crippen LogP contribution in [0.15, 0.2) is 42.5 Å². The number of aryl methyl sites for hydroxylation is 1. The molecule has 2 aromatic carbocycles. The van der Waals surface area contributed by atoms with Gasteiger partial charge in [0.05, 0.1) is 5.69 Å². The van der Waals surface area contributed by atoms with Gasteiger partial charge in [0.15, 0.2) is 11.5 Å². The second-order valence-corrected chi connectivity index (χ2v) is 6.52. The number of ether oxygens (including phenoxy) is 2. The maximum absolute atomic E-state index is 14.4. The van der Waals surface area contributed by atoms with E-state index in [9.17, 15) is 9.65 Å². The molecule has 0 unspecified atom stereocenters. The Hall–Kier alpha value is -3.59. The minimum Gasteiger partial charge on any atom is -0.454 e. The van der Waals surface area contributed by atoms with Gasteiger partial charge in [-0.1, -0.05) is 18.2 Å². The normalized spacial score (nSPS) is 13.6. The summed E-state index contributed by atoms with van der Waals surface area (Å²) in [6.07, 6.45) is 0.722. The number of benzene rings is 2. The van der Waals surface area contributed by atoms with Crippen molar-refractivity contribution >= 4 is 0 Å². The summed E-state index contributed by atoms with van der Waals surface area (Å²) in [4.78, 5) is 0. The molecular formula is C21H14FN3O2. The smallest absolute Gasteiger partial charge is 0.231 e. The molecule has 3 heterocycles. The van der Waals surface area contributed by atoms with E-state index in [1.54, 1.807) is 28.8 Å². The molecule has 6 heteroatoms. The van der Waals surface area contributed by atoms with Gasteiger partial charge < -0.3 is 14.0 Å². The number of halogens is 1. The van der Waals surface area contributed by atoms with Crippen LogP contribution in [-0.4, -0.2) is 11.4 Å². The van der Waals surface area contributed by atoms with Crippen molar-refractivity contribution in [1.82, 2.24) is 4.57 Å². The summed E-state index contributed by atoms with van der Waals surface area (Å²) in [7, 11) is 0. The van der Waals surface area contributed by atoms with Crippen LogP contribution in [0, 0.1) is 22.6 Å². The minimum absolute atomic E-state index is 0.0940. The number of nitrogens with zero attached hydrogens (tertiary/aromatic N) is 2. The molecular weight excluding hydrogens is 345 g/mol. The van der Waals surface area contributed by atoms with Gasteiger partial charge in [0.25, 0.3) is 0 Å². The molecule has 0 bridgehead atoms. The minimum atomic E-state index is -0.417. The van der Waals surface area contributed by atoms with E-state index >= 15 is 0 Å². The summed E-state index contributed by atoms with van der Waals surface area (Å²) >= 11 is 0. The number of aromatic nitrogens is 1. The second-order valence-electron chi connectivity index (χ2n) is 6.52. The third-order valence-corrected chi connectivity index (χ3v) is 5.10. The number of rotatable bonds is 1. The highest BCUT2D eigenvalue weighted by atomic mass is 19.1. The first-order valence-electron chi connectivity index (χ1n) is 8.57. The highest BCUT2D eigenvalue weighted by Crippen LogP contribution is 2.41. The van der Waals surface area contributed by atoms with Crippen molar-refractivity contribution in [3.8, 4) is 40.0 Å². The van der Waals surface area contributed by atoms with Gasteiger partial charge in [-0.2, -0.15) is 5.26 Å². The van der Waals surface area contributed by atoms with E-state index in [1.807, 2.05) is 12.1 Å². The Morgan fingerprint density at radius 2 is 1.81 bits per heavy atom. The third kappa shape index (κ3) is 2.25. The van der Waals surface area contributed by atoms with E-state index in [-0.39, 0.29) is 17.8 Å². The van der Waals surface area contributed by atoms with Gasteiger partial charge in [0.1, 0.15) is 22.9 Å². The van der Waals surface area contributed by atoms with Crippen LogP contribution in [0.25, 0.3) is 22.4 Å². The lowest BCUT2D eigenvalue weighted by atomic mass is 9.92. The number of nitriles is 1. The second kappa shape index (κ2) is 5.71. The number of hydrogen-bond acceptors (Lipinski definition) is 4. The Morgan fingerprint density at radius 3 is 2.59 bits per heavy atom. The number of fused-ring (bicyclic) bond motifs is 4. The number of pyridine rings is 1. The van der Waals surface area contributed by atoms with Gasteiger partial charge in [0, 0.05) is 23.2 Å². The SMILES string of the molecule is N#Cc1c(-c2ccccc2F)cc2n(c1=N)CCc1cc3c(cc1-2)OCO3. The lowest BCUT2D eigenvalue weighted by Gasteiger charge is -2.24. The Balaban J connectivity index is 1.82. The number of nitrogens with one attached hydrogen (secondary N) is 1. The molecule has 0 spiro atoms. The van der Waals surface area contributed by atoms with Crippen molar-refractivity contribution in [3.63, 3.8) is 0 Å². The predicted molar refractivity (Wildman–Crippen MR) is 95.7 cm³/mol. The summed E-state index contributed by atoms with van der Waals surface area (Å²) in [5, 5.41) is 18.2. The predicted octanol–water partition coefficient (Wildman–Crippen LogP) is 3.60. The molecule has 2 aliphatic heterocycles. The molecule has 0 amide bonds. The van der Waals surface area contributed by atoms with Crippen LogP contribution in [-0.2, 0) is 13.0 Å². The molecule has 0 radical (unpaired) electrons. The zero-order valence-corrected chi connectivity index (χ0v) is 14.3. The van der Waals surface area contributed by atoms with E-state index in [0.29, 0.717) is 23.4 Å². The van der Waals surface area contributed by atoms with Gasteiger partial charge in [-0.15, -0.1) is 0 Å². The van der Waals surface area contributed by atoms with Crippen LogP contribution in [0.5, 0.6) is 11.5 Å². The Bertz CT molecular complexity index is 1210. The third-order valence-electron chi connectivity index (χ3n) is 5.10. The van der Waals surface area contributed by atoms with Crippen LogP contribution in [0.2, 0.25) is 0 Å². The number of hydrogen-bond donors (Lipinski definition) is 1. The molecule has 0 saturated heterocycles. The molecule has 27 heavy (non-hydrogen) atoms. The monoisotopic (exact) mass is 359 g/mol. The average Bonchev–Trinajstić information content (AvgIpc) is 3.14. The van der Waals surface area contributed by atoms with Gasteiger partial charge in [-0.05, 0) is 36.2 Å². The van der Waals surface area contributed by atoms with E-state index in [1.165, 1.54) is 6.07 Å². The van der Waals surface area contributed by atoms with Crippen molar-refractivity contribution in [3.05, 3.63) is 64.9 Å². The first kappa shape index (κ1) is 15.6. The van der Waals surface area contributed by atoms with Crippen LogP contribution < -0.4 is 15.0 Å². The van der Waals surface area contributed by atoms with Crippen molar-refractivity contribution in [2.45, 2.75) is 13.0 Å².